The molecule has 1 heterocycles. The fourth-order valence-electron chi connectivity index (χ4n) is 1.60. The Hall–Kier alpha value is -2.44. The smallest absolute Gasteiger partial charge is 0.416 e. The molecule has 0 saturated carbocycles. The first-order valence-corrected chi connectivity index (χ1v) is 5.35. The molecular formula is C13H7F4NO2. The summed E-state index contributed by atoms with van der Waals surface area (Å²) in [6.07, 6.45) is -3.36. The number of alkyl halides is 3. The number of carbonyl (C=O) groups is 1. The van der Waals surface area contributed by atoms with E-state index >= 15 is 0 Å². The summed E-state index contributed by atoms with van der Waals surface area (Å²) in [7, 11) is 0. The Morgan fingerprint density at radius 3 is 2.15 bits per heavy atom. The molecule has 0 unspecified atom stereocenters. The molecular weight excluding hydrogens is 278 g/mol. The van der Waals surface area contributed by atoms with Gasteiger partial charge in [0.1, 0.15) is 0 Å². The van der Waals surface area contributed by atoms with Crippen molar-refractivity contribution < 1.29 is 27.5 Å². The average Bonchev–Trinajstić information content (AvgIpc) is 2.37. The third-order valence-electron chi connectivity index (χ3n) is 2.59. The highest BCUT2D eigenvalue weighted by atomic mass is 19.4. The summed E-state index contributed by atoms with van der Waals surface area (Å²) in [6.45, 7) is 0. The zero-order valence-corrected chi connectivity index (χ0v) is 9.78. The molecule has 3 nitrogen and oxygen atoms in total. The van der Waals surface area contributed by atoms with Gasteiger partial charge in [0.15, 0.2) is 11.5 Å². The minimum absolute atomic E-state index is 0.196. The highest BCUT2D eigenvalue weighted by molar-refractivity contribution is 5.86. The standard InChI is InChI=1S/C13H7F4NO2/c14-10-5-8(6-18-11(10)12(19)20)7-1-3-9(4-2-7)13(15,16)17/h1-6H,(H,19,20). The van der Waals surface area contributed by atoms with Crippen molar-refractivity contribution in [3.8, 4) is 11.1 Å². The predicted molar refractivity (Wildman–Crippen MR) is 61.6 cm³/mol. The molecule has 0 aliphatic heterocycles. The number of hydrogen-bond donors (Lipinski definition) is 1. The number of benzene rings is 1. The molecule has 0 bridgehead atoms. The van der Waals surface area contributed by atoms with Crippen LogP contribution in [0.1, 0.15) is 16.1 Å². The van der Waals surface area contributed by atoms with E-state index in [1.165, 1.54) is 12.1 Å². The lowest BCUT2D eigenvalue weighted by Gasteiger charge is -2.08. The van der Waals surface area contributed by atoms with Crippen molar-refractivity contribution in [2.24, 2.45) is 0 Å². The molecule has 0 atom stereocenters. The normalized spacial score (nSPS) is 11.4. The minimum Gasteiger partial charge on any atom is -0.476 e. The SMILES string of the molecule is O=C(O)c1ncc(-c2ccc(C(F)(F)F)cc2)cc1F. The number of carboxylic acid groups (broad SMARTS) is 1. The first kappa shape index (κ1) is 14.0. The third kappa shape index (κ3) is 2.76. The van der Waals surface area contributed by atoms with E-state index in [4.69, 9.17) is 5.11 Å². The number of aromatic carboxylic acids is 1. The Labute approximate surface area is 110 Å². The number of hydrogen-bond acceptors (Lipinski definition) is 2. The summed E-state index contributed by atoms with van der Waals surface area (Å²) < 4.78 is 50.6. The molecule has 1 aromatic carbocycles. The van der Waals surface area contributed by atoms with Gasteiger partial charge in [-0.25, -0.2) is 14.2 Å². The second kappa shape index (κ2) is 4.92. The van der Waals surface area contributed by atoms with Crippen LogP contribution in [0.2, 0.25) is 0 Å². The maximum Gasteiger partial charge on any atom is 0.416 e. The Morgan fingerprint density at radius 1 is 1.10 bits per heavy atom. The number of carboxylic acids is 1. The van der Waals surface area contributed by atoms with Crippen LogP contribution in [0.3, 0.4) is 0 Å². The largest absolute Gasteiger partial charge is 0.476 e. The summed E-state index contributed by atoms with van der Waals surface area (Å²) in [5.41, 5.74) is -1.06. The van der Waals surface area contributed by atoms with Crippen LogP contribution in [0.5, 0.6) is 0 Å². The Morgan fingerprint density at radius 2 is 1.70 bits per heavy atom. The molecule has 2 aromatic rings. The zero-order valence-electron chi connectivity index (χ0n) is 9.78. The summed E-state index contributed by atoms with van der Waals surface area (Å²) in [5, 5.41) is 8.63. The molecule has 0 saturated heterocycles. The van der Waals surface area contributed by atoms with E-state index < -0.39 is 29.2 Å². The summed E-state index contributed by atoms with van der Waals surface area (Å²) >= 11 is 0. The van der Waals surface area contributed by atoms with Crippen LogP contribution in [0.4, 0.5) is 17.6 Å². The number of aromatic nitrogens is 1. The van der Waals surface area contributed by atoms with Crippen LogP contribution in [0, 0.1) is 5.82 Å². The van der Waals surface area contributed by atoms with Crippen molar-refractivity contribution in [2.75, 3.05) is 0 Å². The van der Waals surface area contributed by atoms with Gasteiger partial charge in [-0.2, -0.15) is 13.2 Å². The second-order valence-electron chi connectivity index (χ2n) is 3.93. The molecule has 1 aromatic heterocycles. The number of pyridine rings is 1. The van der Waals surface area contributed by atoms with Crippen molar-refractivity contribution in [2.45, 2.75) is 6.18 Å². The molecule has 2 rings (SSSR count). The van der Waals surface area contributed by atoms with E-state index in [9.17, 15) is 22.4 Å². The molecule has 7 heteroatoms. The van der Waals surface area contributed by atoms with Gasteiger partial charge in [0.2, 0.25) is 0 Å². The van der Waals surface area contributed by atoms with Crippen molar-refractivity contribution in [3.63, 3.8) is 0 Å². The van der Waals surface area contributed by atoms with E-state index in [1.54, 1.807) is 0 Å². The average molecular weight is 285 g/mol. The van der Waals surface area contributed by atoms with Gasteiger partial charge in [-0.1, -0.05) is 12.1 Å². The van der Waals surface area contributed by atoms with Gasteiger partial charge >= 0.3 is 12.1 Å². The van der Waals surface area contributed by atoms with Gasteiger partial charge in [-0.15, -0.1) is 0 Å². The Bertz CT molecular complexity index is 650. The van der Waals surface area contributed by atoms with Crippen molar-refractivity contribution in [1.29, 1.82) is 0 Å². The predicted octanol–water partition coefficient (Wildman–Crippen LogP) is 3.60. The first-order valence-electron chi connectivity index (χ1n) is 5.35. The summed E-state index contributed by atoms with van der Waals surface area (Å²) in [5.74, 6) is -2.56. The minimum atomic E-state index is -4.45. The number of rotatable bonds is 2. The lowest BCUT2D eigenvalue weighted by molar-refractivity contribution is -0.137. The van der Waals surface area contributed by atoms with Crippen LogP contribution in [0.25, 0.3) is 11.1 Å². The Balaban J connectivity index is 2.37. The van der Waals surface area contributed by atoms with E-state index in [-0.39, 0.29) is 5.56 Å². The Kier molecular flexibility index (Phi) is 3.44. The maximum atomic E-state index is 13.4. The van der Waals surface area contributed by atoms with Gasteiger partial charge in [0.25, 0.3) is 0 Å². The molecule has 0 aliphatic rings. The molecule has 0 fully saturated rings. The molecule has 20 heavy (non-hydrogen) atoms. The van der Waals surface area contributed by atoms with Crippen LogP contribution in [-0.4, -0.2) is 16.1 Å². The lowest BCUT2D eigenvalue weighted by atomic mass is 10.0. The van der Waals surface area contributed by atoms with E-state index in [1.807, 2.05) is 0 Å². The van der Waals surface area contributed by atoms with Crippen LogP contribution in [0.15, 0.2) is 36.5 Å². The monoisotopic (exact) mass is 285 g/mol. The van der Waals surface area contributed by atoms with Gasteiger partial charge in [-0.3, -0.25) is 0 Å². The molecule has 0 radical (unpaired) electrons. The highest BCUT2D eigenvalue weighted by Gasteiger charge is 2.30. The van der Waals surface area contributed by atoms with Gasteiger partial charge in [0.05, 0.1) is 5.56 Å². The fraction of sp³-hybridized carbons (Fsp3) is 0.0769. The summed E-state index contributed by atoms with van der Waals surface area (Å²) in [4.78, 5) is 14.0. The molecule has 0 spiro atoms. The van der Waals surface area contributed by atoms with E-state index in [0.29, 0.717) is 5.56 Å². The van der Waals surface area contributed by atoms with Crippen molar-refractivity contribution >= 4 is 5.97 Å². The fourth-order valence-corrected chi connectivity index (χ4v) is 1.60. The van der Waals surface area contributed by atoms with Crippen LogP contribution < -0.4 is 0 Å². The van der Waals surface area contributed by atoms with Gasteiger partial charge < -0.3 is 5.11 Å². The zero-order chi connectivity index (χ0) is 14.9. The van der Waals surface area contributed by atoms with Gasteiger partial charge in [-0.05, 0) is 23.8 Å². The molecule has 1 N–H and O–H groups in total. The quantitative estimate of drug-likeness (QED) is 0.858. The van der Waals surface area contributed by atoms with Crippen molar-refractivity contribution in [3.05, 3.63) is 53.6 Å². The lowest BCUT2D eigenvalue weighted by Crippen LogP contribution is -2.05. The first-order chi connectivity index (χ1) is 9.29. The van der Waals surface area contributed by atoms with Crippen molar-refractivity contribution in [1.82, 2.24) is 4.98 Å². The molecule has 104 valence electrons. The number of nitrogens with zero attached hydrogens (tertiary/aromatic N) is 1. The second-order valence-corrected chi connectivity index (χ2v) is 3.93. The van der Waals surface area contributed by atoms with E-state index in [2.05, 4.69) is 4.98 Å². The molecule has 0 aliphatic carbocycles. The maximum absolute atomic E-state index is 13.4. The van der Waals surface area contributed by atoms with Crippen LogP contribution >= 0.6 is 0 Å². The summed E-state index contributed by atoms with van der Waals surface area (Å²) in [6, 6.07) is 4.97. The third-order valence-corrected chi connectivity index (χ3v) is 2.59. The van der Waals surface area contributed by atoms with Crippen LogP contribution in [-0.2, 0) is 6.18 Å². The highest BCUT2D eigenvalue weighted by Crippen LogP contribution is 2.31. The topological polar surface area (TPSA) is 50.2 Å². The van der Waals surface area contributed by atoms with E-state index in [0.717, 1.165) is 24.4 Å². The number of halogens is 4. The van der Waals surface area contributed by atoms with Gasteiger partial charge in [0, 0.05) is 11.8 Å². The molecule has 0 amide bonds.